The van der Waals surface area contributed by atoms with Crippen molar-refractivity contribution in [2.45, 2.75) is 38.6 Å². The van der Waals surface area contributed by atoms with E-state index in [0.29, 0.717) is 13.2 Å². The second-order valence-electron chi connectivity index (χ2n) is 7.71. The van der Waals surface area contributed by atoms with Crippen molar-refractivity contribution in [3.63, 3.8) is 0 Å². The minimum Gasteiger partial charge on any atom is -0.448 e. The SMILES string of the molecule is CC(C)C(=O)[C@@H]1CCCN1C(=O)OCC1c2ccccc2-c2ccccc21. The number of hydrogen-bond acceptors (Lipinski definition) is 3. The van der Waals surface area contributed by atoms with Crippen molar-refractivity contribution in [1.29, 1.82) is 0 Å². The van der Waals surface area contributed by atoms with Gasteiger partial charge < -0.3 is 4.74 Å². The van der Waals surface area contributed by atoms with E-state index in [2.05, 4.69) is 24.3 Å². The minimum absolute atomic E-state index is 0.0446. The fraction of sp³-hybridized carbons (Fsp3) is 0.391. The van der Waals surface area contributed by atoms with Gasteiger partial charge in [0.15, 0.2) is 5.78 Å². The largest absolute Gasteiger partial charge is 0.448 e. The summed E-state index contributed by atoms with van der Waals surface area (Å²) in [6.45, 7) is 4.67. The zero-order valence-corrected chi connectivity index (χ0v) is 15.9. The lowest BCUT2D eigenvalue weighted by Gasteiger charge is -2.25. The number of carbonyl (C=O) groups excluding carboxylic acids is 2. The molecule has 0 spiro atoms. The first-order valence-electron chi connectivity index (χ1n) is 9.73. The lowest BCUT2D eigenvalue weighted by atomic mass is 9.98. The van der Waals surface area contributed by atoms with Crippen molar-refractivity contribution >= 4 is 11.9 Å². The van der Waals surface area contributed by atoms with Crippen LogP contribution in [0.5, 0.6) is 0 Å². The van der Waals surface area contributed by atoms with Crippen molar-refractivity contribution in [2.24, 2.45) is 5.92 Å². The smallest absolute Gasteiger partial charge is 0.410 e. The summed E-state index contributed by atoms with van der Waals surface area (Å²) < 4.78 is 5.72. The Balaban J connectivity index is 1.50. The molecule has 1 fully saturated rings. The van der Waals surface area contributed by atoms with Crippen LogP contribution in [0.4, 0.5) is 4.79 Å². The van der Waals surface area contributed by atoms with Gasteiger partial charge in [0.2, 0.25) is 0 Å². The molecule has 2 aromatic rings. The molecule has 0 radical (unpaired) electrons. The summed E-state index contributed by atoms with van der Waals surface area (Å²) in [5, 5.41) is 0. The molecule has 0 bridgehead atoms. The molecule has 1 saturated heterocycles. The van der Waals surface area contributed by atoms with Crippen LogP contribution in [0.3, 0.4) is 0 Å². The maximum absolute atomic E-state index is 12.7. The molecule has 27 heavy (non-hydrogen) atoms. The number of likely N-dealkylation sites (tertiary alicyclic amines) is 1. The van der Waals surface area contributed by atoms with E-state index in [-0.39, 0.29) is 29.8 Å². The highest BCUT2D eigenvalue weighted by Crippen LogP contribution is 2.44. The predicted octanol–water partition coefficient (Wildman–Crippen LogP) is 4.63. The minimum atomic E-state index is -0.367. The highest BCUT2D eigenvalue weighted by atomic mass is 16.6. The molecule has 0 N–H and O–H groups in total. The van der Waals surface area contributed by atoms with Gasteiger partial charge in [0.25, 0.3) is 0 Å². The van der Waals surface area contributed by atoms with E-state index in [1.165, 1.54) is 22.3 Å². The molecule has 1 aliphatic carbocycles. The second-order valence-corrected chi connectivity index (χ2v) is 7.71. The van der Waals surface area contributed by atoms with Crippen molar-refractivity contribution < 1.29 is 14.3 Å². The Morgan fingerprint density at radius 3 is 2.22 bits per heavy atom. The maximum atomic E-state index is 12.7. The predicted molar refractivity (Wildman–Crippen MR) is 105 cm³/mol. The van der Waals surface area contributed by atoms with Gasteiger partial charge >= 0.3 is 6.09 Å². The van der Waals surface area contributed by atoms with Crippen LogP contribution in [-0.4, -0.2) is 36.0 Å². The number of ether oxygens (including phenoxy) is 1. The lowest BCUT2D eigenvalue weighted by Crippen LogP contribution is -2.42. The number of carbonyl (C=O) groups is 2. The Labute approximate surface area is 160 Å². The van der Waals surface area contributed by atoms with E-state index in [9.17, 15) is 9.59 Å². The monoisotopic (exact) mass is 363 g/mol. The van der Waals surface area contributed by atoms with Gasteiger partial charge in [-0.15, -0.1) is 0 Å². The third kappa shape index (κ3) is 3.14. The molecule has 1 amide bonds. The van der Waals surface area contributed by atoms with Crippen molar-refractivity contribution in [2.75, 3.05) is 13.2 Å². The molecule has 2 aromatic carbocycles. The van der Waals surface area contributed by atoms with Crippen LogP contribution in [0.1, 0.15) is 43.7 Å². The van der Waals surface area contributed by atoms with Gasteiger partial charge in [-0.1, -0.05) is 62.4 Å². The summed E-state index contributed by atoms with van der Waals surface area (Å²) in [5.41, 5.74) is 4.82. The normalized spacial score (nSPS) is 18.5. The highest BCUT2D eigenvalue weighted by Gasteiger charge is 2.37. The van der Waals surface area contributed by atoms with Crippen LogP contribution in [0.25, 0.3) is 11.1 Å². The zero-order valence-electron chi connectivity index (χ0n) is 15.9. The Kier molecular flexibility index (Phi) is 4.73. The van der Waals surface area contributed by atoms with E-state index in [1.54, 1.807) is 4.90 Å². The third-order valence-corrected chi connectivity index (χ3v) is 5.72. The molecular weight excluding hydrogens is 338 g/mol. The molecule has 2 aliphatic rings. The fourth-order valence-corrected chi connectivity index (χ4v) is 4.34. The summed E-state index contributed by atoms with van der Waals surface area (Å²) in [6.07, 6.45) is 1.22. The molecule has 1 heterocycles. The maximum Gasteiger partial charge on any atom is 0.410 e. The summed E-state index contributed by atoms with van der Waals surface area (Å²) in [5.74, 6) is 0.0983. The number of fused-ring (bicyclic) bond motifs is 3. The number of ketones is 1. The topological polar surface area (TPSA) is 46.6 Å². The molecular formula is C23H25NO3. The molecule has 0 aromatic heterocycles. The van der Waals surface area contributed by atoms with Crippen molar-refractivity contribution in [3.8, 4) is 11.1 Å². The first-order valence-corrected chi connectivity index (χ1v) is 9.73. The summed E-state index contributed by atoms with van der Waals surface area (Å²) >= 11 is 0. The van der Waals surface area contributed by atoms with Crippen molar-refractivity contribution in [3.05, 3.63) is 59.7 Å². The molecule has 4 heteroatoms. The van der Waals surface area contributed by atoms with E-state index in [4.69, 9.17) is 4.74 Å². The summed E-state index contributed by atoms with van der Waals surface area (Å²) in [4.78, 5) is 26.7. The number of benzene rings is 2. The van der Waals surface area contributed by atoms with Crippen LogP contribution in [0.2, 0.25) is 0 Å². The number of rotatable bonds is 4. The van der Waals surface area contributed by atoms with Crippen LogP contribution < -0.4 is 0 Å². The third-order valence-electron chi connectivity index (χ3n) is 5.72. The van der Waals surface area contributed by atoms with Crippen LogP contribution in [0.15, 0.2) is 48.5 Å². The van der Waals surface area contributed by atoms with Gasteiger partial charge in [-0.05, 0) is 35.1 Å². The van der Waals surface area contributed by atoms with Gasteiger partial charge in [-0.3, -0.25) is 9.69 Å². The Hall–Kier alpha value is -2.62. The molecule has 0 unspecified atom stereocenters. The Morgan fingerprint density at radius 1 is 1.04 bits per heavy atom. The summed E-state index contributed by atoms with van der Waals surface area (Å²) in [6, 6.07) is 16.2. The second kappa shape index (κ2) is 7.18. The first-order chi connectivity index (χ1) is 13.1. The number of Topliss-reactive ketones (excluding diaryl/α,β-unsaturated/α-hetero) is 1. The molecule has 1 aliphatic heterocycles. The average molecular weight is 363 g/mol. The molecule has 0 saturated carbocycles. The molecule has 1 atom stereocenters. The van der Waals surface area contributed by atoms with E-state index in [0.717, 1.165) is 12.8 Å². The number of hydrogen-bond donors (Lipinski definition) is 0. The van der Waals surface area contributed by atoms with Gasteiger partial charge in [0.1, 0.15) is 6.61 Å². The zero-order chi connectivity index (χ0) is 19.0. The lowest BCUT2D eigenvalue weighted by molar-refractivity contribution is -0.125. The Bertz CT molecular complexity index is 828. The van der Waals surface area contributed by atoms with E-state index in [1.807, 2.05) is 38.1 Å². The molecule has 4 nitrogen and oxygen atoms in total. The van der Waals surface area contributed by atoms with Gasteiger partial charge in [-0.25, -0.2) is 4.79 Å². The van der Waals surface area contributed by atoms with Crippen LogP contribution >= 0.6 is 0 Å². The molecule has 140 valence electrons. The summed E-state index contributed by atoms with van der Waals surface area (Å²) in [7, 11) is 0. The van der Waals surface area contributed by atoms with Crippen molar-refractivity contribution in [1.82, 2.24) is 4.90 Å². The molecule has 4 rings (SSSR count). The Morgan fingerprint density at radius 2 is 1.63 bits per heavy atom. The van der Waals surface area contributed by atoms with Crippen LogP contribution in [-0.2, 0) is 9.53 Å². The highest BCUT2D eigenvalue weighted by molar-refractivity contribution is 5.89. The fourth-order valence-electron chi connectivity index (χ4n) is 4.34. The van der Waals surface area contributed by atoms with Crippen LogP contribution in [0, 0.1) is 5.92 Å². The van der Waals surface area contributed by atoms with Gasteiger partial charge in [0, 0.05) is 18.4 Å². The quantitative estimate of drug-likeness (QED) is 0.796. The standard InChI is InChI=1S/C23H25NO3/c1-15(2)22(25)21-12-7-13-24(21)23(26)27-14-20-18-10-5-3-8-16(18)17-9-4-6-11-19(17)20/h3-6,8-11,15,20-21H,7,12-14H2,1-2H3/t21-/m0/s1. The average Bonchev–Trinajstić information content (AvgIpc) is 3.29. The van der Waals surface area contributed by atoms with E-state index < -0.39 is 0 Å². The van der Waals surface area contributed by atoms with Gasteiger partial charge in [0.05, 0.1) is 6.04 Å². The van der Waals surface area contributed by atoms with Gasteiger partial charge in [-0.2, -0.15) is 0 Å². The number of nitrogens with zero attached hydrogens (tertiary/aromatic N) is 1. The van der Waals surface area contributed by atoms with E-state index >= 15 is 0 Å². The number of amides is 1. The first kappa shape index (κ1) is 17.8.